The normalized spacial score (nSPS) is 18.3. The van der Waals surface area contributed by atoms with Crippen molar-refractivity contribution in [1.29, 1.82) is 0 Å². The second-order valence-corrected chi connectivity index (χ2v) is 5.16. The molecule has 1 rings (SSSR count). The number of halogens is 3. The molecule has 1 amide bonds. The van der Waals surface area contributed by atoms with E-state index in [1.165, 1.54) is 0 Å². The highest BCUT2D eigenvalue weighted by Gasteiger charge is 2.47. The Morgan fingerprint density at radius 2 is 1.89 bits per heavy atom. The molecule has 1 saturated carbocycles. The zero-order chi connectivity index (χ0) is 14.7. The van der Waals surface area contributed by atoms with Crippen LogP contribution in [0, 0.1) is 5.41 Å². The summed E-state index contributed by atoms with van der Waals surface area (Å²) < 4.78 is 37.4. The van der Waals surface area contributed by atoms with E-state index in [0.29, 0.717) is 30.6 Å². The van der Waals surface area contributed by atoms with Gasteiger partial charge in [-0.1, -0.05) is 25.1 Å². The number of nitrogens with two attached hydrogens (primary N) is 1. The summed E-state index contributed by atoms with van der Waals surface area (Å²) in [6.07, 6.45) is -2.34. The zero-order valence-electron chi connectivity index (χ0n) is 10.4. The summed E-state index contributed by atoms with van der Waals surface area (Å²) in [7, 11) is 0. The van der Waals surface area contributed by atoms with E-state index in [-0.39, 0.29) is 11.5 Å². The summed E-state index contributed by atoms with van der Waals surface area (Å²) in [4.78, 5) is 12.9. The Balaban J connectivity index is 2.94. The summed E-state index contributed by atoms with van der Waals surface area (Å²) in [5.41, 5.74) is 4.40. The summed E-state index contributed by atoms with van der Waals surface area (Å²) in [5, 5.41) is 8.82. The highest BCUT2D eigenvalue weighted by molar-refractivity contribution is 7.80. The molecule has 8 heteroatoms. The number of rotatable bonds is 5. The fourth-order valence-electron chi connectivity index (χ4n) is 2.44. The van der Waals surface area contributed by atoms with E-state index >= 15 is 0 Å². The summed E-state index contributed by atoms with van der Waals surface area (Å²) >= 11 is 4.87. The quantitative estimate of drug-likeness (QED) is 0.749. The lowest BCUT2D eigenvalue weighted by atomic mass is 9.84. The third-order valence-electron chi connectivity index (χ3n) is 3.37. The van der Waals surface area contributed by atoms with Gasteiger partial charge < -0.3 is 15.7 Å². The van der Waals surface area contributed by atoms with E-state index in [1.54, 1.807) is 0 Å². The molecule has 19 heavy (non-hydrogen) atoms. The van der Waals surface area contributed by atoms with E-state index < -0.39 is 30.7 Å². The first kappa shape index (κ1) is 16.2. The van der Waals surface area contributed by atoms with Gasteiger partial charge >= 0.3 is 6.18 Å². The molecule has 0 atom stereocenters. The van der Waals surface area contributed by atoms with Gasteiger partial charge in [-0.05, 0) is 12.8 Å². The Labute approximate surface area is 114 Å². The number of carbonyl (C=O) groups is 1. The SMILES string of the molecule is NC(=S)C1(C(=O)N(CCO)CC(F)(F)F)CCCC1. The van der Waals surface area contributed by atoms with Crippen molar-refractivity contribution in [2.75, 3.05) is 19.7 Å². The molecular formula is C11H17F3N2O2S. The van der Waals surface area contributed by atoms with Gasteiger partial charge in [-0.3, -0.25) is 4.79 Å². The van der Waals surface area contributed by atoms with Crippen LogP contribution in [0.3, 0.4) is 0 Å². The number of hydrogen-bond donors (Lipinski definition) is 2. The second kappa shape index (κ2) is 6.04. The third kappa shape index (κ3) is 3.79. The molecule has 4 nitrogen and oxygen atoms in total. The van der Waals surface area contributed by atoms with Gasteiger partial charge in [0.15, 0.2) is 0 Å². The van der Waals surface area contributed by atoms with Gasteiger partial charge in [0, 0.05) is 6.54 Å². The molecule has 0 unspecified atom stereocenters. The lowest BCUT2D eigenvalue weighted by Crippen LogP contribution is -2.52. The van der Waals surface area contributed by atoms with E-state index in [0.717, 1.165) is 0 Å². The minimum absolute atomic E-state index is 0.0554. The van der Waals surface area contributed by atoms with Crippen LogP contribution < -0.4 is 5.73 Å². The van der Waals surface area contributed by atoms with Crippen LogP contribution in [0.25, 0.3) is 0 Å². The molecule has 0 spiro atoms. The summed E-state index contributed by atoms with van der Waals surface area (Å²) in [6, 6.07) is 0. The molecule has 1 fully saturated rings. The van der Waals surface area contributed by atoms with Gasteiger partial charge in [-0.25, -0.2) is 0 Å². The molecule has 0 heterocycles. The number of thiocarbonyl (C=S) groups is 1. The van der Waals surface area contributed by atoms with Crippen LogP contribution in [0.1, 0.15) is 25.7 Å². The van der Waals surface area contributed by atoms with Crippen LogP contribution in [0.4, 0.5) is 13.2 Å². The zero-order valence-corrected chi connectivity index (χ0v) is 11.2. The average molecular weight is 298 g/mol. The number of aliphatic hydroxyl groups excluding tert-OH is 1. The summed E-state index contributed by atoms with van der Waals surface area (Å²) in [5.74, 6) is -0.719. The van der Waals surface area contributed by atoms with Gasteiger partial charge in [0.25, 0.3) is 0 Å². The fraction of sp³-hybridized carbons (Fsp3) is 0.818. The largest absolute Gasteiger partial charge is 0.406 e. The molecule has 0 saturated heterocycles. The predicted octanol–water partition coefficient (Wildman–Crippen LogP) is 1.22. The van der Waals surface area contributed by atoms with Crippen molar-refractivity contribution in [1.82, 2.24) is 4.90 Å². The Bertz CT molecular complexity index is 354. The topological polar surface area (TPSA) is 66.6 Å². The Hall–Kier alpha value is -0.890. The molecule has 0 aromatic heterocycles. The standard InChI is InChI=1S/C11H17F3N2O2S/c12-11(13,14)7-16(5-6-17)9(18)10(8(15)19)3-1-2-4-10/h17H,1-7H2,(H2,15,19). The number of nitrogens with zero attached hydrogens (tertiary/aromatic N) is 1. The van der Waals surface area contributed by atoms with Crippen molar-refractivity contribution in [2.45, 2.75) is 31.9 Å². The first-order valence-electron chi connectivity index (χ1n) is 6.00. The lowest BCUT2D eigenvalue weighted by Gasteiger charge is -2.33. The molecule has 0 bridgehead atoms. The molecule has 110 valence electrons. The monoisotopic (exact) mass is 298 g/mol. The van der Waals surface area contributed by atoms with Crippen LogP contribution >= 0.6 is 12.2 Å². The molecule has 0 aromatic carbocycles. The van der Waals surface area contributed by atoms with Crippen LogP contribution in [0.2, 0.25) is 0 Å². The van der Waals surface area contributed by atoms with Crippen LogP contribution in [0.5, 0.6) is 0 Å². The minimum atomic E-state index is -4.51. The molecule has 1 aliphatic carbocycles. The Kier molecular flexibility index (Phi) is 5.14. The van der Waals surface area contributed by atoms with Crippen molar-refractivity contribution in [3.63, 3.8) is 0 Å². The molecular weight excluding hydrogens is 281 g/mol. The maximum absolute atomic E-state index is 12.5. The van der Waals surface area contributed by atoms with Crippen molar-refractivity contribution < 1.29 is 23.1 Å². The maximum atomic E-state index is 12.5. The Morgan fingerprint density at radius 1 is 1.37 bits per heavy atom. The van der Waals surface area contributed by atoms with Gasteiger partial charge in [0.05, 0.1) is 17.0 Å². The molecule has 0 aliphatic heterocycles. The van der Waals surface area contributed by atoms with Crippen LogP contribution in [-0.2, 0) is 4.79 Å². The lowest BCUT2D eigenvalue weighted by molar-refractivity contribution is -0.166. The number of amides is 1. The number of hydrogen-bond acceptors (Lipinski definition) is 3. The highest BCUT2D eigenvalue weighted by Crippen LogP contribution is 2.40. The van der Waals surface area contributed by atoms with Gasteiger partial charge in [-0.2, -0.15) is 13.2 Å². The smallest absolute Gasteiger partial charge is 0.395 e. The molecule has 0 aromatic rings. The van der Waals surface area contributed by atoms with Crippen LogP contribution in [-0.4, -0.2) is 46.8 Å². The minimum Gasteiger partial charge on any atom is -0.395 e. The van der Waals surface area contributed by atoms with E-state index in [2.05, 4.69) is 0 Å². The van der Waals surface area contributed by atoms with E-state index in [4.69, 9.17) is 23.1 Å². The molecule has 0 radical (unpaired) electrons. The van der Waals surface area contributed by atoms with Crippen LogP contribution in [0.15, 0.2) is 0 Å². The first-order chi connectivity index (χ1) is 8.73. The van der Waals surface area contributed by atoms with Gasteiger partial charge in [0.1, 0.15) is 6.54 Å². The number of alkyl halides is 3. The van der Waals surface area contributed by atoms with Crippen molar-refractivity contribution in [3.8, 4) is 0 Å². The van der Waals surface area contributed by atoms with E-state index in [1.807, 2.05) is 0 Å². The summed E-state index contributed by atoms with van der Waals surface area (Å²) in [6.45, 7) is -2.30. The molecule has 1 aliphatic rings. The highest BCUT2D eigenvalue weighted by atomic mass is 32.1. The second-order valence-electron chi connectivity index (χ2n) is 4.72. The fourth-order valence-corrected chi connectivity index (χ4v) is 2.73. The average Bonchev–Trinajstić information content (AvgIpc) is 2.76. The number of carbonyl (C=O) groups excluding carboxylic acids is 1. The van der Waals surface area contributed by atoms with Gasteiger partial charge in [0.2, 0.25) is 5.91 Å². The molecule has 3 N–H and O–H groups in total. The van der Waals surface area contributed by atoms with Crippen molar-refractivity contribution in [2.24, 2.45) is 11.1 Å². The maximum Gasteiger partial charge on any atom is 0.406 e. The van der Waals surface area contributed by atoms with Crippen molar-refractivity contribution in [3.05, 3.63) is 0 Å². The first-order valence-corrected chi connectivity index (χ1v) is 6.41. The predicted molar refractivity (Wildman–Crippen MR) is 67.4 cm³/mol. The third-order valence-corrected chi connectivity index (χ3v) is 3.76. The van der Waals surface area contributed by atoms with Gasteiger partial charge in [-0.15, -0.1) is 0 Å². The number of aliphatic hydroxyl groups is 1. The van der Waals surface area contributed by atoms with E-state index in [9.17, 15) is 18.0 Å². The van der Waals surface area contributed by atoms with Crippen molar-refractivity contribution >= 4 is 23.1 Å². The Morgan fingerprint density at radius 3 is 2.26 bits per heavy atom.